The normalized spacial score (nSPS) is 19.2. The van der Waals surface area contributed by atoms with Crippen molar-refractivity contribution in [3.8, 4) is 17.9 Å². The van der Waals surface area contributed by atoms with E-state index in [9.17, 15) is 23.2 Å². The first-order valence-electron chi connectivity index (χ1n) is 16.2. The van der Waals surface area contributed by atoms with E-state index in [0.717, 1.165) is 63.7 Å². The second-order valence-corrected chi connectivity index (χ2v) is 13.1. The molecule has 3 aliphatic rings. The third-order valence-corrected chi connectivity index (χ3v) is 9.14. The van der Waals surface area contributed by atoms with Crippen LogP contribution in [0.3, 0.4) is 0 Å². The van der Waals surface area contributed by atoms with Gasteiger partial charge < -0.3 is 24.8 Å². The number of likely N-dealkylation sites (tertiary alicyclic amines) is 1. The van der Waals surface area contributed by atoms with Crippen LogP contribution in [0.25, 0.3) is 12.2 Å². The highest BCUT2D eigenvalue weighted by atomic mass is 19.4. The number of alkyl halides is 3. The van der Waals surface area contributed by atoms with E-state index in [1.165, 1.54) is 4.57 Å². The molecule has 4 heterocycles. The standard InChI is InChI=1S/C35H43F3N6O2/c1-34(2,23-39)32-8-6-29(22-42-32)40-13-3-4-30-20-27-18-26(5-7-31(27)44(30)24-35(36,37)38)21-41-28-9-14-43(15-10-28)33(45)19-25-11-16-46-17-12-25/h6-8,18,20,22,25-26,28,40-41H,5,9-17,19,21,24H2,1-2H3. The van der Waals surface area contributed by atoms with Crippen LogP contribution in [0, 0.1) is 35.0 Å². The number of aromatic nitrogens is 2. The Labute approximate surface area is 268 Å². The Bertz CT molecular complexity index is 1580. The zero-order valence-electron chi connectivity index (χ0n) is 26.6. The van der Waals surface area contributed by atoms with Crippen LogP contribution in [-0.2, 0) is 21.5 Å². The maximum atomic E-state index is 13.5. The average molecular weight is 637 g/mol. The molecular formula is C35H43F3N6O2. The molecule has 0 aromatic carbocycles. The second-order valence-electron chi connectivity index (χ2n) is 13.1. The highest BCUT2D eigenvalue weighted by molar-refractivity contribution is 5.76. The number of fused-ring (bicyclic) bond motifs is 1. The van der Waals surface area contributed by atoms with Crippen molar-refractivity contribution in [3.05, 3.63) is 46.4 Å². The van der Waals surface area contributed by atoms with Gasteiger partial charge in [-0.05, 0) is 87.1 Å². The third kappa shape index (κ3) is 8.92. The monoisotopic (exact) mass is 636 g/mol. The van der Waals surface area contributed by atoms with Gasteiger partial charge in [0.25, 0.3) is 0 Å². The van der Waals surface area contributed by atoms with Gasteiger partial charge >= 0.3 is 6.18 Å². The number of rotatable bonds is 9. The minimum Gasteiger partial charge on any atom is -0.381 e. The quantitative estimate of drug-likeness (QED) is 0.408. The zero-order valence-corrected chi connectivity index (χ0v) is 26.6. The number of piperidine rings is 1. The first-order chi connectivity index (χ1) is 22.0. The highest BCUT2D eigenvalue weighted by Crippen LogP contribution is 2.23. The van der Waals surface area contributed by atoms with Crippen molar-refractivity contribution in [1.82, 2.24) is 19.8 Å². The number of ether oxygens (including phenoxy) is 1. The average Bonchev–Trinajstić information content (AvgIpc) is 3.37. The van der Waals surface area contributed by atoms with E-state index >= 15 is 0 Å². The van der Waals surface area contributed by atoms with E-state index < -0.39 is 18.1 Å². The first-order valence-corrected chi connectivity index (χ1v) is 16.2. The number of carbonyl (C=O) groups is 1. The van der Waals surface area contributed by atoms with Gasteiger partial charge in [0.15, 0.2) is 0 Å². The fraction of sp³-hybridized carbons (Fsp3) is 0.571. The van der Waals surface area contributed by atoms with Crippen molar-refractivity contribution >= 4 is 23.7 Å². The van der Waals surface area contributed by atoms with Crippen LogP contribution in [-0.4, -0.2) is 72.0 Å². The van der Waals surface area contributed by atoms with Crippen molar-refractivity contribution in [2.24, 2.45) is 11.8 Å². The molecule has 46 heavy (non-hydrogen) atoms. The number of nitrogens with one attached hydrogen (secondary N) is 2. The van der Waals surface area contributed by atoms with Crippen LogP contribution in [0.5, 0.6) is 0 Å². The van der Waals surface area contributed by atoms with Crippen LogP contribution in [0.1, 0.15) is 63.8 Å². The summed E-state index contributed by atoms with van der Waals surface area (Å²) in [5.41, 5.74) is 0.990. The topological polar surface area (TPSA) is 95.2 Å². The molecule has 2 aliphatic heterocycles. The Balaban J connectivity index is 1.16. The molecule has 1 amide bonds. The molecule has 2 N–H and O–H groups in total. The molecule has 5 rings (SSSR count). The molecule has 1 aliphatic carbocycles. The van der Waals surface area contributed by atoms with E-state index in [-0.39, 0.29) is 18.4 Å². The summed E-state index contributed by atoms with van der Waals surface area (Å²) >= 11 is 0. The SMILES string of the molecule is CC(C)(C#N)c1ccc(NCC#Cc2cc3c(n2CC(F)(F)F)=CCC(CNC2CCN(C(=O)CC4CCOCC4)CC2)C=3)cn1. The molecule has 0 bridgehead atoms. The lowest BCUT2D eigenvalue weighted by atomic mass is 9.91. The van der Waals surface area contributed by atoms with Gasteiger partial charge in [0.2, 0.25) is 5.91 Å². The Morgan fingerprint density at radius 2 is 1.91 bits per heavy atom. The Morgan fingerprint density at radius 3 is 2.59 bits per heavy atom. The number of carbonyl (C=O) groups excluding carboxylic acids is 1. The summed E-state index contributed by atoms with van der Waals surface area (Å²) in [6, 6.07) is 7.87. The van der Waals surface area contributed by atoms with Crippen LogP contribution in [0.2, 0.25) is 0 Å². The predicted molar refractivity (Wildman–Crippen MR) is 171 cm³/mol. The van der Waals surface area contributed by atoms with Crippen LogP contribution >= 0.6 is 0 Å². The van der Waals surface area contributed by atoms with Crippen LogP contribution in [0.15, 0.2) is 24.4 Å². The molecule has 0 radical (unpaired) electrons. The highest BCUT2D eigenvalue weighted by Gasteiger charge is 2.30. The molecule has 11 heteroatoms. The lowest BCUT2D eigenvalue weighted by Gasteiger charge is -2.34. The van der Waals surface area contributed by atoms with Gasteiger partial charge in [-0.15, -0.1) is 0 Å². The number of nitriles is 1. The summed E-state index contributed by atoms with van der Waals surface area (Å²) in [6.07, 6.45) is 6.17. The van der Waals surface area contributed by atoms with Gasteiger partial charge in [-0.2, -0.15) is 18.4 Å². The molecule has 1 unspecified atom stereocenters. The molecule has 2 saturated heterocycles. The first kappa shape index (κ1) is 33.6. The third-order valence-electron chi connectivity index (χ3n) is 9.14. The Hall–Kier alpha value is -3.80. The number of pyridine rings is 1. The summed E-state index contributed by atoms with van der Waals surface area (Å²) in [7, 11) is 0. The molecule has 2 fully saturated rings. The minimum absolute atomic E-state index is 0.159. The maximum Gasteiger partial charge on any atom is 0.406 e. The molecular weight excluding hydrogens is 593 g/mol. The number of hydrogen-bond acceptors (Lipinski definition) is 6. The van der Waals surface area contributed by atoms with Crippen molar-refractivity contribution in [2.45, 2.75) is 76.6 Å². The van der Waals surface area contributed by atoms with Gasteiger partial charge in [0.1, 0.15) is 6.54 Å². The lowest BCUT2D eigenvalue weighted by molar-refractivity contribution is -0.141. The fourth-order valence-corrected chi connectivity index (χ4v) is 6.31. The number of hydrogen-bond donors (Lipinski definition) is 2. The summed E-state index contributed by atoms with van der Waals surface area (Å²) in [4.78, 5) is 19.1. The smallest absolute Gasteiger partial charge is 0.381 e. The van der Waals surface area contributed by atoms with Crippen LogP contribution in [0.4, 0.5) is 18.9 Å². The van der Waals surface area contributed by atoms with Gasteiger partial charge in [-0.3, -0.25) is 9.78 Å². The van der Waals surface area contributed by atoms with Crippen molar-refractivity contribution in [3.63, 3.8) is 0 Å². The molecule has 1 atom stereocenters. The number of amides is 1. The van der Waals surface area contributed by atoms with Gasteiger partial charge in [0.05, 0.1) is 41.3 Å². The summed E-state index contributed by atoms with van der Waals surface area (Å²) < 4.78 is 47.3. The van der Waals surface area contributed by atoms with E-state index in [4.69, 9.17) is 4.74 Å². The zero-order chi connectivity index (χ0) is 32.7. The molecule has 2 aromatic heterocycles. The molecule has 8 nitrogen and oxygen atoms in total. The van der Waals surface area contributed by atoms with E-state index in [1.54, 1.807) is 32.2 Å². The molecule has 0 spiro atoms. The maximum absolute atomic E-state index is 13.5. The van der Waals surface area contributed by atoms with Crippen molar-refractivity contribution in [2.75, 3.05) is 44.7 Å². The summed E-state index contributed by atoms with van der Waals surface area (Å²) in [6.45, 7) is 6.44. The van der Waals surface area contributed by atoms with Gasteiger partial charge in [-0.25, -0.2) is 0 Å². The second kappa shape index (κ2) is 14.7. The Morgan fingerprint density at radius 1 is 1.15 bits per heavy atom. The largest absolute Gasteiger partial charge is 0.406 e. The van der Waals surface area contributed by atoms with E-state index in [1.807, 2.05) is 17.0 Å². The van der Waals surface area contributed by atoms with Crippen LogP contribution < -0.4 is 21.2 Å². The van der Waals surface area contributed by atoms with Crippen molar-refractivity contribution in [1.29, 1.82) is 5.26 Å². The van der Waals surface area contributed by atoms with E-state index in [2.05, 4.69) is 39.6 Å². The Kier molecular flexibility index (Phi) is 10.8. The minimum atomic E-state index is -4.38. The summed E-state index contributed by atoms with van der Waals surface area (Å²) in [5, 5.41) is 17.4. The number of anilines is 1. The lowest BCUT2D eigenvalue weighted by Crippen LogP contribution is -2.46. The van der Waals surface area contributed by atoms with Gasteiger partial charge in [-0.1, -0.05) is 18.1 Å². The summed E-state index contributed by atoms with van der Waals surface area (Å²) in [5.74, 6) is 6.73. The predicted octanol–water partition coefficient (Wildman–Crippen LogP) is 3.69. The number of halogens is 3. The number of nitrogens with zero attached hydrogens (tertiary/aromatic N) is 4. The molecule has 246 valence electrons. The molecule has 2 aromatic rings. The fourth-order valence-electron chi connectivity index (χ4n) is 6.31. The van der Waals surface area contributed by atoms with E-state index in [0.29, 0.717) is 47.2 Å². The van der Waals surface area contributed by atoms with Gasteiger partial charge in [0, 0.05) is 50.7 Å². The molecule has 0 saturated carbocycles. The van der Waals surface area contributed by atoms with Crippen molar-refractivity contribution < 1.29 is 22.7 Å².